The van der Waals surface area contributed by atoms with E-state index in [1.165, 1.54) is 0 Å². The van der Waals surface area contributed by atoms with Crippen molar-refractivity contribution < 1.29 is 9.53 Å². The number of hydrogen-bond acceptors (Lipinski definition) is 4. The SMILES string of the molecule is CC(C)(C)OC(=O)N/N=C\c1cn(Cc2ccccc2)nc1-c1ccccc1. The summed E-state index contributed by atoms with van der Waals surface area (Å²) in [6.07, 6.45) is 2.90. The molecular weight excluding hydrogens is 352 g/mol. The van der Waals surface area contributed by atoms with Crippen molar-refractivity contribution in [3.05, 3.63) is 78.0 Å². The Hall–Kier alpha value is -3.41. The first-order chi connectivity index (χ1) is 13.4. The molecule has 6 heteroatoms. The molecule has 0 saturated carbocycles. The number of rotatable bonds is 5. The van der Waals surface area contributed by atoms with E-state index in [0.717, 1.165) is 22.4 Å². The largest absolute Gasteiger partial charge is 0.443 e. The molecule has 144 valence electrons. The number of carbonyl (C=O) groups excluding carboxylic acids is 1. The van der Waals surface area contributed by atoms with Crippen LogP contribution in [0.4, 0.5) is 4.79 Å². The zero-order valence-corrected chi connectivity index (χ0v) is 16.3. The third-order valence-electron chi connectivity index (χ3n) is 3.78. The first-order valence-corrected chi connectivity index (χ1v) is 9.09. The van der Waals surface area contributed by atoms with Crippen molar-refractivity contribution in [3.8, 4) is 11.3 Å². The van der Waals surface area contributed by atoms with E-state index >= 15 is 0 Å². The lowest BCUT2D eigenvalue weighted by molar-refractivity contribution is 0.0529. The summed E-state index contributed by atoms with van der Waals surface area (Å²) in [6.45, 7) is 6.06. The monoisotopic (exact) mass is 376 g/mol. The average Bonchev–Trinajstić information content (AvgIpc) is 3.04. The molecule has 6 nitrogen and oxygen atoms in total. The van der Waals surface area contributed by atoms with Crippen LogP contribution in [0.25, 0.3) is 11.3 Å². The van der Waals surface area contributed by atoms with Gasteiger partial charge in [-0.05, 0) is 26.3 Å². The second-order valence-corrected chi connectivity index (χ2v) is 7.35. The molecule has 28 heavy (non-hydrogen) atoms. The summed E-state index contributed by atoms with van der Waals surface area (Å²) in [7, 11) is 0. The minimum absolute atomic E-state index is 0.574. The number of hydrazone groups is 1. The number of aromatic nitrogens is 2. The Labute approximate surface area is 164 Å². The fourth-order valence-electron chi connectivity index (χ4n) is 2.66. The van der Waals surface area contributed by atoms with Gasteiger partial charge < -0.3 is 4.74 Å². The number of nitrogens with zero attached hydrogens (tertiary/aromatic N) is 3. The Morgan fingerprint density at radius 3 is 2.39 bits per heavy atom. The van der Waals surface area contributed by atoms with E-state index < -0.39 is 11.7 Å². The van der Waals surface area contributed by atoms with Crippen LogP contribution in [0.3, 0.4) is 0 Å². The lowest BCUT2D eigenvalue weighted by Gasteiger charge is -2.18. The molecule has 0 unspecified atom stereocenters. The molecule has 3 aromatic rings. The zero-order chi connectivity index (χ0) is 20.0. The molecule has 1 aromatic heterocycles. The van der Waals surface area contributed by atoms with Crippen molar-refractivity contribution in [2.24, 2.45) is 5.10 Å². The van der Waals surface area contributed by atoms with E-state index in [-0.39, 0.29) is 0 Å². The topological polar surface area (TPSA) is 68.5 Å². The molecule has 1 heterocycles. The standard InChI is InChI=1S/C22H24N4O2/c1-22(2,3)28-21(27)24-23-14-19-16-26(15-17-10-6-4-7-11-17)25-20(19)18-12-8-5-9-13-18/h4-14,16H,15H2,1-3H3,(H,24,27)/b23-14-. The molecule has 0 saturated heterocycles. The second-order valence-electron chi connectivity index (χ2n) is 7.35. The molecule has 0 aliphatic heterocycles. The molecule has 0 fully saturated rings. The van der Waals surface area contributed by atoms with Crippen LogP contribution in [-0.4, -0.2) is 27.7 Å². The van der Waals surface area contributed by atoms with Crippen LogP contribution < -0.4 is 5.43 Å². The summed E-state index contributed by atoms with van der Waals surface area (Å²) in [4.78, 5) is 11.8. The first kappa shape index (κ1) is 19.4. The zero-order valence-electron chi connectivity index (χ0n) is 16.3. The van der Waals surface area contributed by atoms with E-state index in [1.807, 2.05) is 59.4 Å². The van der Waals surface area contributed by atoms with Crippen molar-refractivity contribution in [2.75, 3.05) is 0 Å². The number of amides is 1. The van der Waals surface area contributed by atoms with Crippen molar-refractivity contribution in [2.45, 2.75) is 32.9 Å². The van der Waals surface area contributed by atoms with Crippen LogP contribution in [0.15, 0.2) is 72.0 Å². The van der Waals surface area contributed by atoms with Crippen LogP contribution in [-0.2, 0) is 11.3 Å². The van der Waals surface area contributed by atoms with Crippen molar-refractivity contribution in [3.63, 3.8) is 0 Å². The maximum absolute atomic E-state index is 11.8. The second kappa shape index (κ2) is 8.52. The van der Waals surface area contributed by atoms with Gasteiger partial charge in [0.1, 0.15) is 11.3 Å². The molecule has 0 aliphatic carbocycles. The summed E-state index contributed by atoms with van der Waals surface area (Å²) in [6, 6.07) is 20.0. The first-order valence-electron chi connectivity index (χ1n) is 9.09. The van der Waals surface area contributed by atoms with Crippen LogP contribution in [0, 0.1) is 0 Å². The molecule has 0 bridgehead atoms. The lowest BCUT2D eigenvalue weighted by Crippen LogP contribution is -2.29. The predicted molar refractivity (Wildman–Crippen MR) is 110 cm³/mol. The molecule has 0 aliphatic rings. The number of benzene rings is 2. The van der Waals surface area contributed by atoms with Gasteiger partial charge in [-0.3, -0.25) is 4.68 Å². The molecular formula is C22H24N4O2. The summed E-state index contributed by atoms with van der Waals surface area (Å²) < 4.78 is 7.06. The van der Waals surface area contributed by atoms with Crippen LogP contribution in [0.5, 0.6) is 0 Å². The van der Waals surface area contributed by atoms with E-state index in [9.17, 15) is 4.79 Å². The van der Waals surface area contributed by atoms with Crippen molar-refractivity contribution >= 4 is 12.3 Å². The number of nitrogens with one attached hydrogen (secondary N) is 1. The van der Waals surface area contributed by atoms with Gasteiger partial charge in [0.2, 0.25) is 0 Å². The van der Waals surface area contributed by atoms with Gasteiger partial charge in [0.05, 0.1) is 12.8 Å². The normalized spacial score (nSPS) is 11.5. The van der Waals surface area contributed by atoms with Gasteiger partial charge in [-0.1, -0.05) is 60.7 Å². The molecule has 0 radical (unpaired) electrons. The third-order valence-corrected chi connectivity index (χ3v) is 3.78. The predicted octanol–water partition coefficient (Wildman–Crippen LogP) is 4.46. The summed E-state index contributed by atoms with van der Waals surface area (Å²) in [5, 5.41) is 8.74. The minimum Gasteiger partial charge on any atom is -0.443 e. The number of carbonyl (C=O) groups is 1. The summed E-state index contributed by atoms with van der Waals surface area (Å²) in [5.74, 6) is 0. The number of ether oxygens (including phenoxy) is 1. The van der Waals surface area contributed by atoms with Gasteiger partial charge in [-0.2, -0.15) is 10.2 Å². The Balaban J connectivity index is 1.82. The number of hydrogen-bond donors (Lipinski definition) is 1. The van der Waals surface area contributed by atoms with Gasteiger partial charge in [-0.15, -0.1) is 0 Å². The van der Waals surface area contributed by atoms with Crippen LogP contribution in [0.1, 0.15) is 31.9 Å². The van der Waals surface area contributed by atoms with Crippen LogP contribution >= 0.6 is 0 Å². The highest BCUT2D eigenvalue weighted by molar-refractivity contribution is 5.89. The fraction of sp³-hybridized carbons (Fsp3) is 0.227. The Morgan fingerprint density at radius 2 is 1.75 bits per heavy atom. The average molecular weight is 376 g/mol. The van der Waals surface area contributed by atoms with Gasteiger partial charge in [0.15, 0.2) is 0 Å². The quantitative estimate of drug-likeness (QED) is 0.528. The van der Waals surface area contributed by atoms with Gasteiger partial charge in [0.25, 0.3) is 0 Å². The molecule has 0 atom stereocenters. The highest BCUT2D eigenvalue weighted by Gasteiger charge is 2.15. The smallest absolute Gasteiger partial charge is 0.428 e. The maximum atomic E-state index is 11.8. The third kappa shape index (κ3) is 5.54. The maximum Gasteiger partial charge on any atom is 0.428 e. The van der Waals surface area contributed by atoms with E-state index in [4.69, 9.17) is 9.84 Å². The highest BCUT2D eigenvalue weighted by atomic mass is 16.6. The Kier molecular flexibility index (Phi) is 5.89. The lowest BCUT2D eigenvalue weighted by atomic mass is 10.1. The van der Waals surface area contributed by atoms with E-state index in [0.29, 0.717) is 6.54 Å². The Morgan fingerprint density at radius 1 is 1.11 bits per heavy atom. The molecule has 1 amide bonds. The molecule has 2 aromatic carbocycles. The highest BCUT2D eigenvalue weighted by Crippen LogP contribution is 2.21. The van der Waals surface area contributed by atoms with Crippen LogP contribution in [0.2, 0.25) is 0 Å². The van der Waals surface area contributed by atoms with E-state index in [2.05, 4.69) is 22.7 Å². The fourth-order valence-corrected chi connectivity index (χ4v) is 2.66. The molecule has 0 spiro atoms. The Bertz CT molecular complexity index is 942. The summed E-state index contributed by atoms with van der Waals surface area (Å²) >= 11 is 0. The molecule has 3 rings (SSSR count). The van der Waals surface area contributed by atoms with E-state index in [1.54, 1.807) is 27.0 Å². The van der Waals surface area contributed by atoms with Gasteiger partial charge in [0, 0.05) is 17.3 Å². The molecule has 1 N–H and O–H groups in total. The van der Waals surface area contributed by atoms with Crippen molar-refractivity contribution in [1.29, 1.82) is 0 Å². The minimum atomic E-state index is -0.596. The van der Waals surface area contributed by atoms with Gasteiger partial charge in [-0.25, -0.2) is 10.2 Å². The van der Waals surface area contributed by atoms with Gasteiger partial charge >= 0.3 is 6.09 Å². The summed E-state index contributed by atoms with van der Waals surface area (Å²) in [5.41, 5.74) is 5.56. The van der Waals surface area contributed by atoms with Crippen molar-refractivity contribution in [1.82, 2.24) is 15.2 Å².